The van der Waals surface area contributed by atoms with E-state index in [2.05, 4.69) is 10.6 Å². The van der Waals surface area contributed by atoms with Crippen LogP contribution >= 0.6 is 0 Å². The second kappa shape index (κ2) is 9.76. The Kier molecular flexibility index (Phi) is 6.52. The van der Waals surface area contributed by atoms with Gasteiger partial charge in [0.15, 0.2) is 0 Å². The fourth-order valence-electron chi connectivity index (χ4n) is 7.61. The highest BCUT2D eigenvalue weighted by molar-refractivity contribution is 7.89. The summed E-state index contributed by atoms with van der Waals surface area (Å²) in [5, 5.41) is 6.57. The molecule has 1 aliphatic heterocycles. The van der Waals surface area contributed by atoms with Crippen LogP contribution in [0.5, 0.6) is 0 Å². The number of hydrogen-bond donors (Lipinski definition) is 2. The van der Waals surface area contributed by atoms with E-state index in [9.17, 15) is 30.8 Å². The molecule has 12 heteroatoms. The van der Waals surface area contributed by atoms with Gasteiger partial charge >= 0.3 is 6.18 Å². The number of aliphatic imine (C=N–C) groups is 1. The maximum atomic E-state index is 13.9. The van der Waals surface area contributed by atoms with Crippen LogP contribution in [0.1, 0.15) is 68.9 Å². The molecular weight excluding hydrogens is 584 g/mol. The maximum Gasteiger partial charge on any atom is 0.416 e. The predicted molar refractivity (Wildman–Crippen MR) is 151 cm³/mol. The lowest BCUT2D eigenvalue weighted by Crippen LogP contribution is -2.78. The molecule has 43 heavy (non-hydrogen) atoms. The van der Waals surface area contributed by atoms with Crippen LogP contribution in [0, 0.1) is 17.2 Å². The fraction of sp³-hybridized carbons (Fsp3) is 0.548. The fourth-order valence-corrected chi connectivity index (χ4v) is 9.37. The topological polar surface area (TPSA) is 90.9 Å². The molecule has 5 fully saturated rings. The summed E-state index contributed by atoms with van der Waals surface area (Å²) < 4.78 is 82.4. The Hall–Kier alpha value is -2.99. The number of nitrogens with one attached hydrogen (secondary N) is 2. The molecule has 2 aromatic carbocycles. The van der Waals surface area contributed by atoms with Crippen LogP contribution in [-0.4, -0.2) is 48.1 Å². The zero-order valence-electron chi connectivity index (χ0n) is 23.6. The molecule has 1 heterocycles. The predicted octanol–water partition coefficient (Wildman–Crippen LogP) is 5.17. The van der Waals surface area contributed by atoms with Crippen LogP contribution in [0.3, 0.4) is 0 Å². The van der Waals surface area contributed by atoms with E-state index in [4.69, 9.17) is 4.99 Å². The van der Waals surface area contributed by atoms with Gasteiger partial charge in [0.05, 0.1) is 16.0 Å². The number of halogens is 4. The zero-order chi connectivity index (χ0) is 30.3. The van der Waals surface area contributed by atoms with Gasteiger partial charge in [-0.1, -0.05) is 18.6 Å². The van der Waals surface area contributed by atoms with E-state index in [1.807, 2.05) is 0 Å². The van der Waals surface area contributed by atoms with Crippen molar-refractivity contribution in [2.75, 3.05) is 6.54 Å². The van der Waals surface area contributed by atoms with Crippen LogP contribution < -0.4 is 10.6 Å². The molecule has 7 nitrogen and oxygen atoms in total. The number of carbonyl (C=O) groups is 1. The molecule has 5 saturated carbocycles. The number of amidine groups is 1. The number of nitrogens with zero attached hydrogens (tertiary/aromatic N) is 2. The standard InChI is InChI=1S/C31H34F4N4O3S/c32-23-9-11-24(12-10-23)43(41,42)39(16-21-5-7-22(8-6-21)31(33,34)35)29-17-28(18-29,19-29)27-37-25(30(38-27)13-2-14-30)26(40)36-15-20-3-1-4-20/h5-12,20,25H,1-4,13-19H2,(H,36,40)(H,37,38). The lowest BCUT2D eigenvalue weighted by molar-refractivity contribution is -0.151. The molecule has 2 aromatic rings. The van der Waals surface area contributed by atoms with Gasteiger partial charge < -0.3 is 10.6 Å². The summed E-state index contributed by atoms with van der Waals surface area (Å²) in [6.07, 6.45) is 3.08. The Bertz CT molecular complexity index is 1550. The van der Waals surface area contributed by atoms with Gasteiger partial charge in [-0.05, 0) is 99.2 Å². The van der Waals surface area contributed by atoms with E-state index in [1.165, 1.54) is 35.0 Å². The number of hydrogen-bond acceptors (Lipinski definition) is 5. The Morgan fingerprint density at radius 2 is 1.65 bits per heavy atom. The SMILES string of the molecule is O=C(NCC1CCC1)C1NC(C23CC(N(Cc4ccc(C(F)(F)F)cc4)S(=O)(=O)c4ccc(F)cc4)(C2)C3)=NC12CCC2. The first-order valence-electron chi connectivity index (χ1n) is 14.9. The molecule has 1 amide bonds. The Morgan fingerprint density at radius 3 is 2.19 bits per heavy atom. The Morgan fingerprint density at radius 1 is 1.00 bits per heavy atom. The lowest BCUT2D eigenvalue weighted by Gasteiger charge is -2.72. The normalized spacial score (nSPS) is 29.1. The van der Waals surface area contributed by atoms with Gasteiger partial charge in [-0.3, -0.25) is 9.79 Å². The van der Waals surface area contributed by atoms with Gasteiger partial charge in [-0.2, -0.15) is 17.5 Å². The quantitative estimate of drug-likeness (QED) is 0.380. The third-order valence-electron chi connectivity index (χ3n) is 10.5. The summed E-state index contributed by atoms with van der Waals surface area (Å²) in [6, 6.07) is 8.64. The zero-order valence-corrected chi connectivity index (χ0v) is 24.4. The van der Waals surface area contributed by atoms with Crippen molar-refractivity contribution in [2.45, 2.75) is 92.5 Å². The number of carbonyl (C=O) groups excluding carboxylic acids is 1. The number of benzene rings is 2. The molecule has 1 atom stereocenters. The van der Waals surface area contributed by atoms with Crippen molar-refractivity contribution < 1.29 is 30.8 Å². The first-order chi connectivity index (χ1) is 20.3. The van der Waals surface area contributed by atoms with Crippen molar-refractivity contribution >= 4 is 21.8 Å². The number of rotatable bonds is 9. The second-order valence-corrected chi connectivity index (χ2v) is 15.1. The summed E-state index contributed by atoms with van der Waals surface area (Å²) in [5.41, 5.74) is -1.97. The van der Waals surface area contributed by atoms with Gasteiger partial charge in [0.25, 0.3) is 0 Å². The highest BCUT2D eigenvalue weighted by Crippen LogP contribution is 2.72. The Labute approximate surface area is 248 Å². The molecule has 5 aliphatic carbocycles. The molecule has 230 valence electrons. The van der Waals surface area contributed by atoms with E-state index in [1.54, 1.807) is 0 Å². The number of sulfonamides is 1. The lowest BCUT2D eigenvalue weighted by atomic mass is 9.38. The van der Waals surface area contributed by atoms with Gasteiger partial charge in [0, 0.05) is 24.0 Å². The van der Waals surface area contributed by atoms with E-state index in [-0.39, 0.29) is 22.8 Å². The first kappa shape index (κ1) is 28.8. The maximum absolute atomic E-state index is 13.9. The minimum absolute atomic E-state index is 0.0329. The molecule has 2 N–H and O–H groups in total. The molecule has 0 radical (unpaired) electrons. The average Bonchev–Trinajstić information content (AvgIpc) is 3.27. The Balaban J connectivity index is 1.12. The van der Waals surface area contributed by atoms with Crippen molar-refractivity contribution in [1.29, 1.82) is 0 Å². The molecule has 8 rings (SSSR count). The van der Waals surface area contributed by atoms with Crippen LogP contribution in [0.15, 0.2) is 58.4 Å². The van der Waals surface area contributed by atoms with Crippen molar-refractivity contribution in [3.8, 4) is 0 Å². The van der Waals surface area contributed by atoms with Crippen molar-refractivity contribution in [1.82, 2.24) is 14.9 Å². The molecule has 2 bridgehead atoms. The summed E-state index contributed by atoms with van der Waals surface area (Å²) in [7, 11) is -4.12. The van der Waals surface area contributed by atoms with E-state index in [0.29, 0.717) is 37.3 Å². The van der Waals surface area contributed by atoms with E-state index >= 15 is 0 Å². The molecular formula is C31H34F4N4O3S. The highest BCUT2D eigenvalue weighted by atomic mass is 32.2. The molecule has 0 aromatic heterocycles. The summed E-state index contributed by atoms with van der Waals surface area (Å²) in [6.45, 7) is 0.556. The van der Waals surface area contributed by atoms with E-state index < -0.39 is 44.7 Å². The second-order valence-electron chi connectivity index (χ2n) is 13.2. The van der Waals surface area contributed by atoms with Crippen LogP contribution in [0.2, 0.25) is 0 Å². The van der Waals surface area contributed by atoms with E-state index in [0.717, 1.165) is 62.2 Å². The van der Waals surface area contributed by atoms with Crippen molar-refractivity contribution in [2.24, 2.45) is 16.3 Å². The summed E-state index contributed by atoms with van der Waals surface area (Å²) in [5.74, 6) is 0.708. The molecule has 6 aliphatic rings. The first-order valence-corrected chi connectivity index (χ1v) is 16.4. The van der Waals surface area contributed by atoms with Crippen LogP contribution in [0.25, 0.3) is 0 Å². The molecule has 1 spiro atoms. The van der Waals surface area contributed by atoms with Gasteiger partial charge in [0.1, 0.15) is 17.7 Å². The van der Waals surface area contributed by atoms with Crippen LogP contribution in [-0.2, 0) is 27.5 Å². The number of alkyl halides is 3. The van der Waals surface area contributed by atoms with Gasteiger partial charge in [-0.25, -0.2) is 12.8 Å². The summed E-state index contributed by atoms with van der Waals surface area (Å²) >= 11 is 0. The third-order valence-corrected chi connectivity index (χ3v) is 12.4. The smallest absolute Gasteiger partial charge is 0.360 e. The molecule has 1 unspecified atom stereocenters. The highest BCUT2D eigenvalue weighted by Gasteiger charge is 2.75. The van der Waals surface area contributed by atoms with Crippen molar-refractivity contribution in [3.63, 3.8) is 0 Å². The third kappa shape index (κ3) is 4.67. The monoisotopic (exact) mass is 618 g/mol. The van der Waals surface area contributed by atoms with Gasteiger partial charge in [0.2, 0.25) is 15.9 Å². The van der Waals surface area contributed by atoms with Crippen molar-refractivity contribution in [3.05, 3.63) is 65.5 Å². The summed E-state index contributed by atoms with van der Waals surface area (Å²) in [4.78, 5) is 18.2. The largest absolute Gasteiger partial charge is 0.416 e. The average molecular weight is 619 g/mol. The van der Waals surface area contributed by atoms with Gasteiger partial charge in [-0.15, -0.1) is 0 Å². The minimum atomic E-state index is -4.50. The minimum Gasteiger partial charge on any atom is -0.360 e. The number of amides is 1. The molecule has 0 saturated heterocycles. The van der Waals surface area contributed by atoms with Crippen LogP contribution in [0.4, 0.5) is 17.6 Å².